The fraction of sp³-hybridized carbons (Fsp3) is 0.379. The average molecular weight is 574 g/mol. The van der Waals surface area contributed by atoms with Gasteiger partial charge < -0.3 is 31.3 Å². The lowest BCUT2D eigenvalue weighted by Gasteiger charge is -2.32. The van der Waals surface area contributed by atoms with E-state index in [1.165, 1.54) is 19.4 Å². The van der Waals surface area contributed by atoms with E-state index in [1.54, 1.807) is 23.2 Å². The van der Waals surface area contributed by atoms with Gasteiger partial charge in [0.05, 0.1) is 30.7 Å². The van der Waals surface area contributed by atoms with E-state index in [-0.39, 0.29) is 41.2 Å². The van der Waals surface area contributed by atoms with Gasteiger partial charge in [-0.3, -0.25) is 19.1 Å². The molecule has 13 nitrogen and oxygen atoms in total. The number of ether oxygens (including phenoxy) is 1. The Balaban J connectivity index is 1.35. The number of nitrogens with zero attached hydrogens (tertiary/aromatic N) is 5. The smallest absolute Gasteiger partial charge is 0.254 e. The van der Waals surface area contributed by atoms with Crippen LogP contribution in [0.5, 0.6) is 5.75 Å². The molecule has 1 saturated heterocycles. The van der Waals surface area contributed by atoms with Crippen LogP contribution in [0.3, 0.4) is 0 Å². The third kappa shape index (κ3) is 6.19. The van der Waals surface area contributed by atoms with Crippen molar-refractivity contribution < 1.29 is 19.1 Å². The summed E-state index contributed by atoms with van der Waals surface area (Å²) < 4.78 is 7.41. The van der Waals surface area contributed by atoms with Crippen LogP contribution in [0.1, 0.15) is 64.4 Å². The second-order valence-corrected chi connectivity index (χ2v) is 10.5. The molecular weight excluding hydrogens is 538 g/mol. The predicted octanol–water partition coefficient (Wildman–Crippen LogP) is 3.21. The first kappa shape index (κ1) is 28.6. The second-order valence-electron chi connectivity index (χ2n) is 10.5. The minimum Gasteiger partial charge on any atom is -0.495 e. The molecule has 3 heterocycles. The van der Waals surface area contributed by atoms with Gasteiger partial charge in [0.15, 0.2) is 0 Å². The number of carbonyl (C=O) groups excluding carboxylic acids is 3. The normalized spacial score (nSPS) is 16.7. The van der Waals surface area contributed by atoms with E-state index < -0.39 is 5.91 Å². The fourth-order valence-electron chi connectivity index (χ4n) is 5.10. The van der Waals surface area contributed by atoms with Gasteiger partial charge in [-0.1, -0.05) is 6.58 Å². The molecule has 2 fully saturated rings. The maximum atomic E-state index is 12.8. The molecule has 5 rings (SSSR count). The van der Waals surface area contributed by atoms with Crippen LogP contribution in [0, 0.1) is 6.92 Å². The van der Waals surface area contributed by atoms with E-state index in [4.69, 9.17) is 10.5 Å². The van der Waals surface area contributed by atoms with Crippen LogP contribution in [0.4, 0.5) is 23.1 Å². The molecule has 2 aliphatic rings. The van der Waals surface area contributed by atoms with E-state index >= 15 is 0 Å². The van der Waals surface area contributed by atoms with E-state index in [9.17, 15) is 14.4 Å². The maximum absolute atomic E-state index is 12.8. The molecule has 1 atom stereocenters. The Kier molecular flexibility index (Phi) is 8.36. The summed E-state index contributed by atoms with van der Waals surface area (Å²) in [6, 6.07) is 3.64. The Bertz CT molecular complexity index is 1510. The quantitative estimate of drug-likeness (QED) is 0.266. The van der Waals surface area contributed by atoms with Crippen LogP contribution in [0.25, 0.3) is 0 Å². The van der Waals surface area contributed by atoms with Crippen LogP contribution in [0.15, 0.2) is 43.4 Å². The monoisotopic (exact) mass is 573 g/mol. The van der Waals surface area contributed by atoms with Gasteiger partial charge in [-0.15, -0.1) is 0 Å². The zero-order chi connectivity index (χ0) is 29.8. The Morgan fingerprint density at radius 1 is 1.14 bits per heavy atom. The largest absolute Gasteiger partial charge is 0.495 e. The molecule has 1 aliphatic heterocycles. The molecule has 1 aromatic carbocycles. The van der Waals surface area contributed by atoms with Crippen LogP contribution in [-0.2, 0) is 4.79 Å². The molecule has 2 aromatic heterocycles. The number of primary amides is 1. The van der Waals surface area contributed by atoms with Crippen molar-refractivity contribution >= 4 is 40.9 Å². The number of aryl methyl sites for hydroxylation is 1. The van der Waals surface area contributed by atoms with Crippen LogP contribution >= 0.6 is 0 Å². The van der Waals surface area contributed by atoms with Crippen molar-refractivity contribution in [2.75, 3.05) is 30.8 Å². The number of aromatic nitrogens is 4. The minimum atomic E-state index is -0.707. The maximum Gasteiger partial charge on any atom is 0.254 e. The molecule has 0 spiro atoms. The topological polar surface area (TPSA) is 169 Å². The van der Waals surface area contributed by atoms with Crippen molar-refractivity contribution in [3.8, 4) is 5.75 Å². The molecule has 42 heavy (non-hydrogen) atoms. The van der Waals surface area contributed by atoms with Gasteiger partial charge in [0.1, 0.15) is 17.1 Å². The number of nitrogens with one attached hydrogen (secondary N) is 3. The number of nitrogens with two attached hydrogens (primary N) is 1. The van der Waals surface area contributed by atoms with Gasteiger partial charge in [0.25, 0.3) is 11.8 Å². The molecule has 1 aliphatic carbocycles. The van der Waals surface area contributed by atoms with Gasteiger partial charge in [0.2, 0.25) is 11.9 Å². The van der Waals surface area contributed by atoms with Crippen molar-refractivity contribution in [2.24, 2.45) is 5.73 Å². The number of benzene rings is 1. The highest BCUT2D eigenvalue weighted by Gasteiger charge is 2.25. The van der Waals surface area contributed by atoms with Crippen molar-refractivity contribution in [1.29, 1.82) is 0 Å². The molecule has 0 radical (unpaired) electrons. The van der Waals surface area contributed by atoms with Crippen LogP contribution in [0.2, 0.25) is 0 Å². The molecule has 1 unspecified atom stereocenters. The number of amides is 3. The summed E-state index contributed by atoms with van der Waals surface area (Å²) in [6.45, 7) is 6.66. The highest BCUT2D eigenvalue weighted by Crippen LogP contribution is 2.34. The average Bonchev–Trinajstić information content (AvgIpc) is 3.43. The van der Waals surface area contributed by atoms with Crippen LogP contribution < -0.4 is 26.4 Å². The molecule has 0 bridgehead atoms. The summed E-state index contributed by atoms with van der Waals surface area (Å²) in [4.78, 5) is 47.6. The number of hydrogen-bond acceptors (Lipinski definition) is 9. The SMILES string of the molecule is C=CC(=O)N1CCCC(n2cc(Nc3ncc(C(N)=O)c(Nc4c(C)cc(C(=O)NC5CCC5)cc4OC)n3)cn2)C1. The molecule has 1 saturated carbocycles. The summed E-state index contributed by atoms with van der Waals surface area (Å²) in [5.74, 6) is -0.163. The van der Waals surface area contributed by atoms with Gasteiger partial charge in [-0.05, 0) is 62.8 Å². The lowest BCUT2D eigenvalue weighted by molar-refractivity contribution is -0.127. The summed E-state index contributed by atoms with van der Waals surface area (Å²) in [6.07, 6.45) is 11.0. The Morgan fingerprint density at radius 3 is 2.64 bits per heavy atom. The number of piperidine rings is 1. The summed E-state index contributed by atoms with van der Waals surface area (Å²) in [5, 5.41) is 13.8. The van der Waals surface area contributed by atoms with Gasteiger partial charge in [-0.2, -0.15) is 10.1 Å². The third-order valence-electron chi connectivity index (χ3n) is 7.63. The Morgan fingerprint density at radius 2 is 1.95 bits per heavy atom. The molecule has 13 heteroatoms. The standard InChI is InChI=1S/C29H35N9O4/c1-4-24(39)37-10-6-9-21(16-37)38-15-20(13-32-38)34-29-31-14-22(26(30)40)27(36-29)35-25-17(2)11-18(12-23(25)42-3)28(41)33-19-7-5-8-19/h4,11-15,19,21H,1,5-10,16H2,2-3H3,(H2,30,40)(H,33,41)(H2,31,34,35,36). The molecule has 3 aromatic rings. The van der Waals surface area contributed by atoms with Gasteiger partial charge >= 0.3 is 0 Å². The third-order valence-corrected chi connectivity index (χ3v) is 7.63. The summed E-state index contributed by atoms with van der Waals surface area (Å²) in [7, 11) is 1.51. The lowest BCUT2D eigenvalue weighted by atomic mass is 9.93. The summed E-state index contributed by atoms with van der Waals surface area (Å²) >= 11 is 0. The number of likely N-dealkylation sites (tertiary alicyclic amines) is 1. The Hall–Kier alpha value is -4.94. The second kappa shape index (κ2) is 12.3. The zero-order valence-electron chi connectivity index (χ0n) is 23.7. The minimum absolute atomic E-state index is 0.0304. The van der Waals surface area contributed by atoms with Gasteiger partial charge in [0, 0.05) is 37.1 Å². The van der Waals surface area contributed by atoms with Crippen LogP contribution in [-0.4, -0.2) is 68.6 Å². The van der Waals surface area contributed by atoms with Gasteiger partial charge in [-0.25, -0.2) is 4.98 Å². The number of rotatable bonds is 10. The number of anilines is 4. The Labute approximate surface area is 243 Å². The van der Waals surface area contributed by atoms with E-state index in [0.29, 0.717) is 35.8 Å². The van der Waals surface area contributed by atoms with Crippen molar-refractivity contribution in [2.45, 2.75) is 51.1 Å². The summed E-state index contributed by atoms with van der Waals surface area (Å²) in [5.41, 5.74) is 8.08. The van der Waals surface area contributed by atoms with Crippen molar-refractivity contribution in [3.05, 3.63) is 60.1 Å². The number of carbonyl (C=O) groups is 3. The molecule has 220 valence electrons. The highest BCUT2D eigenvalue weighted by molar-refractivity contribution is 5.99. The molecular formula is C29H35N9O4. The molecule has 5 N–H and O–H groups in total. The van der Waals surface area contributed by atoms with E-state index in [0.717, 1.165) is 37.7 Å². The number of hydrogen-bond donors (Lipinski definition) is 4. The number of methoxy groups -OCH3 is 1. The first-order valence-electron chi connectivity index (χ1n) is 13.9. The fourth-order valence-corrected chi connectivity index (χ4v) is 5.10. The first-order chi connectivity index (χ1) is 20.2. The predicted molar refractivity (Wildman–Crippen MR) is 157 cm³/mol. The lowest BCUT2D eigenvalue weighted by Crippen LogP contribution is -2.39. The zero-order valence-corrected chi connectivity index (χ0v) is 23.7. The highest BCUT2D eigenvalue weighted by atomic mass is 16.5. The van der Waals surface area contributed by atoms with E-state index in [1.807, 2.05) is 17.8 Å². The molecule has 3 amide bonds. The van der Waals surface area contributed by atoms with Crippen molar-refractivity contribution in [3.63, 3.8) is 0 Å². The van der Waals surface area contributed by atoms with Crippen molar-refractivity contribution in [1.82, 2.24) is 30.0 Å². The first-order valence-corrected chi connectivity index (χ1v) is 13.9. The van der Waals surface area contributed by atoms with E-state index in [2.05, 4.69) is 37.6 Å².